The predicted octanol–water partition coefficient (Wildman–Crippen LogP) is 4.94. The summed E-state index contributed by atoms with van der Waals surface area (Å²) >= 11 is 0. The Labute approximate surface area is 177 Å². The summed E-state index contributed by atoms with van der Waals surface area (Å²) < 4.78 is 41.0. The Hall–Kier alpha value is -3.61. The van der Waals surface area contributed by atoms with Gasteiger partial charge in [0, 0.05) is 24.1 Å². The molecule has 158 valence electrons. The molecular formula is C24H19F3N2O2. The van der Waals surface area contributed by atoms with Gasteiger partial charge in [0.2, 0.25) is 0 Å². The smallest absolute Gasteiger partial charge is 0.254 e. The van der Waals surface area contributed by atoms with Crippen LogP contribution >= 0.6 is 0 Å². The Kier molecular flexibility index (Phi) is 6.02. The molecule has 1 atom stereocenters. The molecule has 1 aliphatic heterocycles. The normalized spacial score (nSPS) is 15.3. The van der Waals surface area contributed by atoms with E-state index >= 15 is 0 Å². The lowest BCUT2D eigenvalue weighted by molar-refractivity contribution is 0.0402. The lowest BCUT2D eigenvalue weighted by Gasteiger charge is -2.25. The van der Waals surface area contributed by atoms with Gasteiger partial charge in [0.05, 0.1) is 12.3 Å². The van der Waals surface area contributed by atoms with Crippen molar-refractivity contribution in [2.45, 2.75) is 19.1 Å². The van der Waals surface area contributed by atoms with Gasteiger partial charge in [0.15, 0.2) is 6.10 Å². The molecule has 0 radical (unpaired) electrons. The van der Waals surface area contributed by atoms with Gasteiger partial charge < -0.3 is 9.74 Å². The highest BCUT2D eigenvalue weighted by molar-refractivity contribution is 6.01. The number of amides is 1. The van der Waals surface area contributed by atoms with Crippen LogP contribution in [0.4, 0.5) is 13.2 Å². The molecular weight excluding hydrogens is 405 g/mol. The Morgan fingerprint density at radius 3 is 2.48 bits per heavy atom. The van der Waals surface area contributed by atoms with E-state index in [-0.39, 0.29) is 24.5 Å². The lowest BCUT2D eigenvalue weighted by Crippen LogP contribution is -2.37. The van der Waals surface area contributed by atoms with E-state index in [1.807, 2.05) is 0 Å². The first-order chi connectivity index (χ1) is 15.0. The molecule has 3 aromatic carbocycles. The van der Waals surface area contributed by atoms with Crippen LogP contribution in [0.25, 0.3) is 0 Å². The topological polar surface area (TPSA) is 41.9 Å². The Morgan fingerprint density at radius 1 is 0.968 bits per heavy atom. The van der Waals surface area contributed by atoms with Crippen molar-refractivity contribution < 1.29 is 22.8 Å². The summed E-state index contributed by atoms with van der Waals surface area (Å²) in [6, 6.07) is 17.4. The quantitative estimate of drug-likeness (QED) is 0.563. The third kappa shape index (κ3) is 4.94. The molecule has 1 unspecified atom stereocenters. The number of oxime groups is 1. The van der Waals surface area contributed by atoms with Crippen LogP contribution < -0.4 is 0 Å². The largest absolute Gasteiger partial charge is 0.390 e. The van der Waals surface area contributed by atoms with E-state index in [9.17, 15) is 18.0 Å². The average molecular weight is 424 g/mol. The molecule has 1 amide bonds. The van der Waals surface area contributed by atoms with Crippen molar-refractivity contribution in [1.29, 1.82) is 0 Å². The predicted molar refractivity (Wildman–Crippen MR) is 110 cm³/mol. The van der Waals surface area contributed by atoms with E-state index in [4.69, 9.17) is 4.84 Å². The number of carbonyl (C=O) groups is 1. The molecule has 0 spiro atoms. The molecule has 0 bridgehead atoms. The number of rotatable bonds is 6. The lowest BCUT2D eigenvalue weighted by atomic mass is 10.0. The van der Waals surface area contributed by atoms with E-state index < -0.39 is 23.6 Å². The highest BCUT2D eigenvalue weighted by Crippen LogP contribution is 2.21. The Morgan fingerprint density at radius 2 is 1.74 bits per heavy atom. The minimum absolute atomic E-state index is 0.00619. The van der Waals surface area contributed by atoms with Crippen LogP contribution in [0.1, 0.15) is 27.9 Å². The Bertz CT molecular complexity index is 1120. The van der Waals surface area contributed by atoms with Crippen molar-refractivity contribution >= 4 is 11.6 Å². The molecule has 3 aromatic rings. The van der Waals surface area contributed by atoms with E-state index in [0.29, 0.717) is 17.7 Å². The van der Waals surface area contributed by atoms with Crippen molar-refractivity contribution in [1.82, 2.24) is 4.90 Å². The first-order valence-electron chi connectivity index (χ1n) is 9.76. The average Bonchev–Trinajstić information content (AvgIpc) is 3.23. The maximum atomic E-state index is 14.2. The van der Waals surface area contributed by atoms with Crippen LogP contribution in [0.2, 0.25) is 0 Å². The van der Waals surface area contributed by atoms with Gasteiger partial charge in [0.1, 0.15) is 17.5 Å². The van der Waals surface area contributed by atoms with Gasteiger partial charge in [0.25, 0.3) is 5.91 Å². The second-order valence-corrected chi connectivity index (χ2v) is 7.26. The zero-order chi connectivity index (χ0) is 21.8. The van der Waals surface area contributed by atoms with Crippen LogP contribution in [0.5, 0.6) is 0 Å². The summed E-state index contributed by atoms with van der Waals surface area (Å²) in [7, 11) is 0. The standard InChI is InChI=1S/C24H19F3N2O2/c25-19-10-8-16(9-11-19)23-13-21(31-28-23)15-29(14-18-4-1-2-7-22(18)27)24(30)17-5-3-6-20(26)12-17/h1-12,21H,13-15H2. The van der Waals surface area contributed by atoms with Gasteiger partial charge in [-0.15, -0.1) is 0 Å². The molecule has 7 heteroatoms. The van der Waals surface area contributed by atoms with Crippen molar-refractivity contribution in [2.24, 2.45) is 5.16 Å². The maximum Gasteiger partial charge on any atom is 0.254 e. The number of carbonyl (C=O) groups excluding carboxylic acids is 1. The van der Waals surface area contributed by atoms with Gasteiger partial charge in [-0.1, -0.05) is 41.6 Å². The van der Waals surface area contributed by atoms with Crippen molar-refractivity contribution in [3.05, 3.63) is 107 Å². The van der Waals surface area contributed by atoms with Gasteiger partial charge in [-0.2, -0.15) is 0 Å². The first-order valence-corrected chi connectivity index (χ1v) is 9.76. The second-order valence-electron chi connectivity index (χ2n) is 7.26. The maximum absolute atomic E-state index is 14.2. The summed E-state index contributed by atoms with van der Waals surface area (Å²) in [6.07, 6.45) is -0.0696. The molecule has 0 saturated heterocycles. The zero-order valence-corrected chi connectivity index (χ0v) is 16.5. The zero-order valence-electron chi connectivity index (χ0n) is 16.5. The van der Waals surface area contributed by atoms with E-state index in [2.05, 4.69) is 5.16 Å². The third-order valence-corrected chi connectivity index (χ3v) is 5.01. The summed E-state index contributed by atoms with van der Waals surface area (Å²) in [6.45, 7) is 0.117. The van der Waals surface area contributed by atoms with Crippen LogP contribution in [-0.2, 0) is 11.4 Å². The molecule has 0 aromatic heterocycles. The molecule has 4 rings (SSSR count). The summed E-state index contributed by atoms with van der Waals surface area (Å²) in [4.78, 5) is 20.0. The minimum atomic E-state index is -0.532. The SMILES string of the molecule is O=C(c1cccc(F)c1)N(Cc1ccccc1F)CC1CC(c2ccc(F)cc2)=NO1. The highest BCUT2D eigenvalue weighted by atomic mass is 19.1. The first kappa shape index (κ1) is 20.7. The Balaban J connectivity index is 1.53. The van der Waals surface area contributed by atoms with Gasteiger partial charge >= 0.3 is 0 Å². The minimum Gasteiger partial charge on any atom is -0.390 e. The fraction of sp³-hybridized carbons (Fsp3) is 0.167. The fourth-order valence-electron chi connectivity index (χ4n) is 3.44. The van der Waals surface area contributed by atoms with Crippen molar-refractivity contribution in [2.75, 3.05) is 6.54 Å². The van der Waals surface area contributed by atoms with Crippen molar-refractivity contribution in [3.8, 4) is 0 Å². The number of nitrogens with zero attached hydrogens (tertiary/aromatic N) is 2. The summed E-state index contributed by atoms with van der Waals surface area (Å²) in [5.74, 6) is -1.76. The van der Waals surface area contributed by atoms with Crippen LogP contribution in [-0.4, -0.2) is 29.2 Å². The highest BCUT2D eigenvalue weighted by Gasteiger charge is 2.28. The molecule has 0 aliphatic carbocycles. The third-order valence-electron chi connectivity index (χ3n) is 5.01. The van der Waals surface area contributed by atoms with E-state index in [0.717, 1.165) is 11.6 Å². The summed E-state index contributed by atoms with van der Waals surface area (Å²) in [5.41, 5.74) is 1.86. The molecule has 31 heavy (non-hydrogen) atoms. The van der Waals surface area contributed by atoms with Crippen LogP contribution in [0, 0.1) is 17.5 Å². The molecule has 0 fully saturated rings. The van der Waals surface area contributed by atoms with E-state index in [1.165, 1.54) is 41.3 Å². The second kappa shape index (κ2) is 9.04. The van der Waals surface area contributed by atoms with Gasteiger partial charge in [-0.3, -0.25) is 4.79 Å². The number of halogens is 3. The van der Waals surface area contributed by atoms with Crippen molar-refractivity contribution in [3.63, 3.8) is 0 Å². The monoisotopic (exact) mass is 424 g/mol. The van der Waals surface area contributed by atoms with E-state index in [1.54, 1.807) is 30.3 Å². The molecule has 1 aliphatic rings. The molecule has 4 nitrogen and oxygen atoms in total. The molecule has 0 saturated carbocycles. The summed E-state index contributed by atoms with van der Waals surface area (Å²) in [5, 5.41) is 4.06. The number of hydrogen-bond acceptors (Lipinski definition) is 3. The fourth-order valence-corrected chi connectivity index (χ4v) is 3.44. The number of hydrogen-bond donors (Lipinski definition) is 0. The number of benzene rings is 3. The molecule has 1 heterocycles. The molecule has 0 N–H and O–H groups in total. The van der Waals surface area contributed by atoms with Gasteiger partial charge in [-0.25, -0.2) is 13.2 Å². The van der Waals surface area contributed by atoms with Crippen LogP contribution in [0.15, 0.2) is 78.0 Å². The van der Waals surface area contributed by atoms with Crippen LogP contribution in [0.3, 0.4) is 0 Å². The van der Waals surface area contributed by atoms with Gasteiger partial charge in [-0.05, 0) is 42.0 Å².